The van der Waals surface area contributed by atoms with Gasteiger partial charge in [0, 0.05) is 26.8 Å². The van der Waals surface area contributed by atoms with Gasteiger partial charge in [-0.1, -0.05) is 13.8 Å². The number of nitrogens with one attached hydrogen (secondary N) is 1. The van der Waals surface area contributed by atoms with E-state index < -0.39 is 0 Å². The van der Waals surface area contributed by atoms with E-state index in [1.807, 2.05) is 18.7 Å². The van der Waals surface area contributed by atoms with Crippen molar-refractivity contribution in [3.05, 3.63) is 11.4 Å². The average Bonchev–Trinajstić information content (AvgIpc) is 2.81. The van der Waals surface area contributed by atoms with Crippen molar-refractivity contribution in [2.24, 2.45) is 5.92 Å². The number of nitrogens with zero attached hydrogens (tertiary/aromatic N) is 2. The van der Waals surface area contributed by atoms with Gasteiger partial charge in [0.1, 0.15) is 0 Å². The van der Waals surface area contributed by atoms with Gasteiger partial charge in [-0.3, -0.25) is 9.89 Å². The highest BCUT2D eigenvalue weighted by Crippen LogP contribution is 2.25. The van der Waals surface area contributed by atoms with Gasteiger partial charge in [0.15, 0.2) is 5.69 Å². The van der Waals surface area contributed by atoms with Crippen LogP contribution in [0.3, 0.4) is 0 Å². The Morgan fingerprint density at radius 3 is 2.65 bits per heavy atom. The zero-order valence-corrected chi connectivity index (χ0v) is 12.5. The van der Waals surface area contributed by atoms with Crippen LogP contribution in [0.5, 0.6) is 0 Å². The Hall–Kier alpha value is -1.56. The van der Waals surface area contributed by atoms with Crippen molar-refractivity contribution in [1.29, 1.82) is 0 Å². The average molecular weight is 280 g/mol. The molecule has 0 aromatic carbocycles. The number of ether oxygens (including phenoxy) is 1. The Morgan fingerprint density at radius 2 is 2.15 bits per heavy atom. The van der Waals surface area contributed by atoms with E-state index in [1.54, 1.807) is 7.11 Å². The Morgan fingerprint density at radius 1 is 1.50 bits per heavy atom. The highest BCUT2D eigenvalue weighted by molar-refractivity contribution is 5.97. The lowest BCUT2D eigenvalue weighted by Gasteiger charge is -2.31. The van der Waals surface area contributed by atoms with Crippen LogP contribution < -0.4 is 5.73 Å². The van der Waals surface area contributed by atoms with Crippen molar-refractivity contribution >= 4 is 11.6 Å². The minimum Gasteiger partial charge on any atom is -0.395 e. The fraction of sp³-hybridized carbons (Fsp3) is 0.714. The van der Waals surface area contributed by atoms with Crippen LogP contribution in [0.4, 0.5) is 5.69 Å². The monoisotopic (exact) mass is 280 g/mol. The SMILES string of the molecule is COCC1CCN(C(=O)c2n[nH]c(C(C)C)c2N)CC1. The van der Waals surface area contributed by atoms with E-state index in [1.165, 1.54) is 0 Å². The number of aromatic amines is 1. The Labute approximate surface area is 119 Å². The van der Waals surface area contributed by atoms with Crippen LogP contribution in [0.2, 0.25) is 0 Å². The molecule has 2 rings (SSSR count). The summed E-state index contributed by atoms with van der Waals surface area (Å²) in [7, 11) is 1.72. The third-order valence-electron chi connectivity index (χ3n) is 3.92. The molecular formula is C14H24N4O2. The van der Waals surface area contributed by atoms with E-state index in [0.717, 1.165) is 38.2 Å². The van der Waals surface area contributed by atoms with Crippen molar-refractivity contribution < 1.29 is 9.53 Å². The molecule has 0 aliphatic carbocycles. The van der Waals surface area contributed by atoms with E-state index in [-0.39, 0.29) is 11.8 Å². The van der Waals surface area contributed by atoms with Gasteiger partial charge in [0.25, 0.3) is 5.91 Å². The molecule has 0 unspecified atom stereocenters. The lowest BCUT2D eigenvalue weighted by atomic mass is 9.97. The quantitative estimate of drug-likeness (QED) is 0.877. The zero-order valence-electron chi connectivity index (χ0n) is 12.5. The highest BCUT2D eigenvalue weighted by Gasteiger charge is 2.27. The first kappa shape index (κ1) is 14.8. The summed E-state index contributed by atoms with van der Waals surface area (Å²) in [5, 5.41) is 6.98. The van der Waals surface area contributed by atoms with Gasteiger partial charge >= 0.3 is 0 Å². The molecule has 0 spiro atoms. The number of rotatable bonds is 4. The number of carbonyl (C=O) groups excluding carboxylic acids is 1. The molecule has 0 bridgehead atoms. The van der Waals surface area contributed by atoms with Crippen molar-refractivity contribution in [3.63, 3.8) is 0 Å². The van der Waals surface area contributed by atoms with Crippen LogP contribution in [0, 0.1) is 5.92 Å². The maximum Gasteiger partial charge on any atom is 0.276 e. The van der Waals surface area contributed by atoms with Gasteiger partial charge < -0.3 is 15.4 Å². The normalized spacial score (nSPS) is 16.9. The van der Waals surface area contributed by atoms with Gasteiger partial charge in [-0.25, -0.2) is 0 Å². The molecule has 2 heterocycles. The zero-order chi connectivity index (χ0) is 14.7. The summed E-state index contributed by atoms with van der Waals surface area (Å²) in [6.07, 6.45) is 1.95. The number of nitrogen functional groups attached to an aromatic ring is 1. The molecule has 1 saturated heterocycles. The number of aromatic nitrogens is 2. The molecular weight excluding hydrogens is 256 g/mol. The topological polar surface area (TPSA) is 84.2 Å². The van der Waals surface area contributed by atoms with E-state index >= 15 is 0 Å². The van der Waals surface area contributed by atoms with Crippen molar-refractivity contribution in [2.45, 2.75) is 32.6 Å². The molecule has 1 amide bonds. The number of hydrogen-bond donors (Lipinski definition) is 2. The van der Waals surface area contributed by atoms with Crippen LogP contribution in [0.25, 0.3) is 0 Å². The van der Waals surface area contributed by atoms with Gasteiger partial charge in [-0.15, -0.1) is 0 Å². The Kier molecular flexibility index (Phi) is 4.65. The van der Waals surface area contributed by atoms with Gasteiger partial charge in [-0.2, -0.15) is 5.10 Å². The maximum absolute atomic E-state index is 12.5. The van der Waals surface area contributed by atoms with E-state index in [2.05, 4.69) is 10.2 Å². The number of amides is 1. The Bertz CT molecular complexity index is 462. The lowest BCUT2D eigenvalue weighted by Crippen LogP contribution is -2.39. The second-order valence-electron chi connectivity index (χ2n) is 5.75. The minimum atomic E-state index is -0.0680. The molecule has 1 aliphatic rings. The third-order valence-corrected chi connectivity index (χ3v) is 3.92. The fourth-order valence-electron chi connectivity index (χ4n) is 2.66. The summed E-state index contributed by atoms with van der Waals surface area (Å²) in [5.41, 5.74) is 7.71. The van der Waals surface area contributed by atoms with Crippen LogP contribution in [-0.2, 0) is 4.74 Å². The summed E-state index contributed by atoms with van der Waals surface area (Å²) in [6.45, 7) is 6.30. The molecule has 112 valence electrons. The molecule has 0 saturated carbocycles. The van der Waals surface area contributed by atoms with Crippen molar-refractivity contribution in [3.8, 4) is 0 Å². The first-order valence-corrected chi connectivity index (χ1v) is 7.16. The summed E-state index contributed by atoms with van der Waals surface area (Å²) in [6, 6.07) is 0. The second-order valence-corrected chi connectivity index (χ2v) is 5.75. The summed E-state index contributed by atoms with van der Waals surface area (Å²) < 4.78 is 5.17. The van der Waals surface area contributed by atoms with E-state index in [0.29, 0.717) is 17.3 Å². The number of methoxy groups -OCH3 is 1. The first-order chi connectivity index (χ1) is 9.54. The molecule has 6 nitrogen and oxygen atoms in total. The van der Waals surface area contributed by atoms with Crippen LogP contribution in [-0.4, -0.2) is 47.8 Å². The number of hydrogen-bond acceptors (Lipinski definition) is 4. The van der Waals surface area contributed by atoms with Gasteiger partial charge in [0.05, 0.1) is 11.4 Å². The molecule has 20 heavy (non-hydrogen) atoms. The minimum absolute atomic E-state index is 0.0680. The number of H-pyrrole nitrogens is 1. The number of likely N-dealkylation sites (tertiary alicyclic amines) is 1. The predicted molar refractivity (Wildman–Crippen MR) is 77.6 cm³/mol. The highest BCUT2D eigenvalue weighted by atomic mass is 16.5. The van der Waals surface area contributed by atoms with E-state index in [4.69, 9.17) is 10.5 Å². The lowest BCUT2D eigenvalue weighted by molar-refractivity contribution is 0.0609. The standard InChI is InChI=1S/C14H24N4O2/c1-9(2)12-11(15)13(17-16-12)14(19)18-6-4-10(5-7-18)8-20-3/h9-10H,4-8,15H2,1-3H3,(H,16,17). The summed E-state index contributed by atoms with van der Waals surface area (Å²) in [5.74, 6) is 0.713. The molecule has 0 atom stereocenters. The molecule has 1 aromatic rings. The molecule has 0 radical (unpaired) electrons. The van der Waals surface area contributed by atoms with Crippen LogP contribution in [0.15, 0.2) is 0 Å². The molecule has 1 aliphatic heterocycles. The third kappa shape index (κ3) is 2.95. The van der Waals surface area contributed by atoms with Gasteiger partial charge in [-0.05, 0) is 24.7 Å². The molecule has 1 fully saturated rings. The number of anilines is 1. The van der Waals surface area contributed by atoms with Crippen molar-refractivity contribution in [1.82, 2.24) is 15.1 Å². The van der Waals surface area contributed by atoms with Crippen LogP contribution >= 0.6 is 0 Å². The smallest absolute Gasteiger partial charge is 0.276 e. The van der Waals surface area contributed by atoms with E-state index in [9.17, 15) is 4.79 Å². The predicted octanol–water partition coefficient (Wildman–Crippen LogP) is 1.61. The van der Waals surface area contributed by atoms with Gasteiger partial charge in [0.2, 0.25) is 0 Å². The number of nitrogens with two attached hydrogens (primary N) is 1. The largest absolute Gasteiger partial charge is 0.395 e. The number of carbonyl (C=O) groups is 1. The first-order valence-electron chi connectivity index (χ1n) is 7.16. The molecule has 1 aromatic heterocycles. The van der Waals surface area contributed by atoms with Crippen LogP contribution in [0.1, 0.15) is 48.8 Å². The summed E-state index contributed by atoms with van der Waals surface area (Å²) >= 11 is 0. The number of piperidine rings is 1. The maximum atomic E-state index is 12.5. The fourth-order valence-corrected chi connectivity index (χ4v) is 2.66. The summed E-state index contributed by atoms with van der Waals surface area (Å²) in [4.78, 5) is 14.3. The Balaban J connectivity index is 2.02. The van der Waals surface area contributed by atoms with Crippen molar-refractivity contribution in [2.75, 3.05) is 32.5 Å². The molecule has 3 N–H and O–H groups in total. The second kappa shape index (κ2) is 6.26. The molecule has 6 heteroatoms.